The summed E-state index contributed by atoms with van der Waals surface area (Å²) in [4.78, 5) is 32.9. The first-order valence-electron chi connectivity index (χ1n) is 10.1. The fourth-order valence-electron chi connectivity index (χ4n) is 3.53. The summed E-state index contributed by atoms with van der Waals surface area (Å²) in [6, 6.07) is 13.9. The predicted molar refractivity (Wildman–Crippen MR) is 116 cm³/mol. The standard InChI is InChI=1S/C23H19N5O4/c29-22(19-9-10-24-13-25-19)26-17-6-3-15(4-7-17)23(30)28-11-1-2-18(27-28)16-5-8-20-21(12-16)32-14-31-20/h3-10,12-13H,1-2,11,14H2,(H,26,29). The van der Waals surface area contributed by atoms with E-state index in [9.17, 15) is 9.59 Å². The summed E-state index contributed by atoms with van der Waals surface area (Å²) in [5, 5.41) is 8.82. The van der Waals surface area contributed by atoms with E-state index in [4.69, 9.17) is 9.47 Å². The average molecular weight is 429 g/mol. The number of hydrogen-bond donors (Lipinski definition) is 1. The molecule has 5 rings (SSSR count). The highest BCUT2D eigenvalue weighted by Gasteiger charge is 2.22. The molecule has 0 unspecified atom stereocenters. The number of rotatable bonds is 4. The van der Waals surface area contributed by atoms with Crippen LogP contribution in [0.25, 0.3) is 0 Å². The molecule has 0 atom stereocenters. The summed E-state index contributed by atoms with van der Waals surface area (Å²) in [6.45, 7) is 0.754. The van der Waals surface area contributed by atoms with Crippen LogP contribution in [0.3, 0.4) is 0 Å². The summed E-state index contributed by atoms with van der Waals surface area (Å²) >= 11 is 0. The molecule has 2 amide bonds. The Bertz CT molecular complexity index is 1190. The van der Waals surface area contributed by atoms with Gasteiger partial charge >= 0.3 is 0 Å². The molecule has 0 saturated carbocycles. The highest BCUT2D eigenvalue weighted by atomic mass is 16.7. The van der Waals surface area contributed by atoms with Gasteiger partial charge in [-0.3, -0.25) is 9.59 Å². The van der Waals surface area contributed by atoms with E-state index in [1.54, 1.807) is 24.3 Å². The molecule has 0 aliphatic carbocycles. The van der Waals surface area contributed by atoms with E-state index in [1.807, 2.05) is 18.2 Å². The molecule has 0 spiro atoms. The van der Waals surface area contributed by atoms with Crippen molar-refractivity contribution in [1.82, 2.24) is 15.0 Å². The van der Waals surface area contributed by atoms with Crippen molar-refractivity contribution in [3.63, 3.8) is 0 Å². The molecule has 1 aromatic heterocycles. The summed E-state index contributed by atoms with van der Waals surface area (Å²) < 4.78 is 10.8. The lowest BCUT2D eigenvalue weighted by Gasteiger charge is -2.24. The zero-order valence-electron chi connectivity index (χ0n) is 17.0. The van der Waals surface area contributed by atoms with Gasteiger partial charge in [-0.05, 0) is 61.4 Å². The minimum Gasteiger partial charge on any atom is -0.454 e. The van der Waals surface area contributed by atoms with Gasteiger partial charge in [0.15, 0.2) is 11.5 Å². The van der Waals surface area contributed by atoms with Crippen molar-refractivity contribution >= 4 is 23.2 Å². The van der Waals surface area contributed by atoms with E-state index >= 15 is 0 Å². The van der Waals surface area contributed by atoms with Gasteiger partial charge in [-0.15, -0.1) is 0 Å². The number of hydrazone groups is 1. The molecule has 0 saturated heterocycles. The zero-order valence-corrected chi connectivity index (χ0v) is 17.0. The van der Waals surface area contributed by atoms with Gasteiger partial charge in [0.05, 0.1) is 5.71 Å². The van der Waals surface area contributed by atoms with Crippen LogP contribution in [0, 0.1) is 0 Å². The molecule has 160 valence electrons. The summed E-state index contributed by atoms with van der Waals surface area (Å²) in [6.07, 6.45) is 4.40. The first-order valence-corrected chi connectivity index (χ1v) is 10.1. The smallest absolute Gasteiger partial charge is 0.274 e. The second-order valence-corrected chi connectivity index (χ2v) is 7.27. The molecule has 2 aliphatic rings. The maximum Gasteiger partial charge on any atom is 0.274 e. The van der Waals surface area contributed by atoms with Crippen molar-refractivity contribution in [2.24, 2.45) is 5.10 Å². The number of aromatic nitrogens is 2. The van der Waals surface area contributed by atoms with Gasteiger partial charge in [-0.2, -0.15) is 5.10 Å². The Kier molecular flexibility index (Phi) is 5.20. The molecule has 3 heterocycles. The number of amides is 2. The molecule has 3 aromatic rings. The Morgan fingerprint density at radius 1 is 1.00 bits per heavy atom. The lowest BCUT2D eigenvalue weighted by atomic mass is 10.0. The normalized spacial score (nSPS) is 14.6. The Hall–Kier alpha value is -4.27. The highest BCUT2D eigenvalue weighted by molar-refractivity contribution is 6.04. The van der Waals surface area contributed by atoms with Gasteiger partial charge in [0.1, 0.15) is 12.0 Å². The van der Waals surface area contributed by atoms with Gasteiger partial charge in [-0.25, -0.2) is 15.0 Å². The topological polar surface area (TPSA) is 106 Å². The number of fused-ring (bicyclic) bond motifs is 1. The van der Waals surface area contributed by atoms with Crippen LogP contribution in [0.2, 0.25) is 0 Å². The molecule has 0 fully saturated rings. The Morgan fingerprint density at radius 2 is 1.84 bits per heavy atom. The van der Waals surface area contributed by atoms with Crippen LogP contribution in [0.15, 0.2) is 66.2 Å². The average Bonchev–Trinajstić information content (AvgIpc) is 3.33. The first kappa shape index (κ1) is 19.7. The largest absolute Gasteiger partial charge is 0.454 e. The lowest BCUT2D eigenvalue weighted by molar-refractivity contribution is 0.0751. The molecule has 9 nitrogen and oxygen atoms in total. The maximum atomic E-state index is 13.0. The summed E-state index contributed by atoms with van der Waals surface area (Å²) in [5.74, 6) is 0.857. The van der Waals surface area contributed by atoms with Gasteiger partial charge in [-0.1, -0.05) is 0 Å². The number of ether oxygens (including phenoxy) is 2. The van der Waals surface area contributed by atoms with Crippen molar-refractivity contribution < 1.29 is 19.1 Å². The number of hydrogen-bond acceptors (Lipinski definition) is 7. The van der Waals surface area contributed by atoms with Gasteiger partial charge in [0.25, 0.3) is 11.8 Å². The van der Waals surface area contributed by atoms with Crippen molar-refractivity contribution in [3.8, 4) is 11.5 Å². The predicted octanol–water partition coefficient (Wildman–Crippen LogP) is 3.10. The van der Waals surface area contributed by atoms with Crippen molar-refractivity contribution in [3.05, 3.63) is 77.9 Å². The highest BCUT2D eigenvalue weighted by Crippen LogP contribution is 2.33. The molecule has 2 aliphatic heterocycles. The molecule has 0 radical (unpaired) electrons. The van der Waals surface area contributed by atoms with E-state index in [0.717, 1.165) is 24.1 Å². The van der Waals surface area contributed by atoms with Crippen LogP contribution >= 0.6 is 0 Å². The zero-order chi connectivity index (χ0) is 21.9. The van der Waals surface area contributed by atoms with Crippen LogP contribution in [-0.4, -0.2) is 45.8 Å². The lowest BCUT2D eigenvalue weighted by Crippen LogP contribution is -2.32. The van der Waals surface area contributed by atoms with Gasteiger partial charge in [0, 0.05) is 29.6 Å². The monoisotopic (exact) mass is 429 g/mol. The van der Waals surface area contributed by atoms with E-state index in [-0.39, 0.29) is 24.3 Å². The summed E-state index contributed by atoms with van der Waals surface area (Å²) in [7, 11) is 0. The molecular formula is C23H19N5O4. The van der Waals surface area contributed by atoms with Crippen molar-refractivity contribution in [2.75, 3.05) is 18.7 Å². The van der Waals surface area contributed by atoms with Crippen LogP contribution in [0.4, 0.5) is 5.69 Å². The molecule has 0 bridgehead atoms. The number of benzene rings is 2. The fourth-order valence-corrected chi connectivity index (χ4v) is 3.53. The third-order valence-corrected chi connectivity index (χ3v) is 5.17. The third-order valence-electron chi connectivity index (χ3n) is 5.17. The fraction of sp³-hybridized carbons (Fsp3) is 0.174. The second-order valence-electron chi connectivity index (χ2n) is 7.27. The Morgan fingerprint density at radius 3 is 2.66 bits per heavy atom. The number of nitrogens with zero attached hydrogens (tertiary/aromatic N) is 4. The Labute approximate surface area is 183 Å². The number of nitrogens with one attached hydrogen (secondary N) is 1. The first-order chi connectivity index (χ1) is 15.7. The minimum atomic E-state index is -0.347. The van der Waals surface area contributed by atoms with Crippen LogP contribution in [0.5, 0.6) is 11.5 Å². The van der Waals surface area contributed by atoms with E-state index in [2.05, 4.69) is 20.4 Å². The molecule has 32 heavy (non-hydrogen) atoms. The van der Waals surface area contributed by atoms with E-state index in [0.29, 0.717) is 29.3 Å². The molecule has 2 aromatic carbocycles. The summed E-state index contributed by atoms with van der Waals surface area (Å²) in [5.41, 5.74) is 3.05. The van der Waals surface area contributed by atoms with Gasteiger partial charge < -0.3 is 14.8 Å². The second kappa shape index (κ2) is 8.46. The van der Waals surface area contributed by atoms with Crippen LogP contribution in [-0.2, 0) is 0 Å². The van der Waals surface area contributed by atoms with Crippen LogP contribution in [0.1, 0.15) is 39.3 Å². The molecule has 9 heteroatoms. The van der Waals surface area contributed by atoms with Crippen molar-refractivity contribution in [2.45, 2.75) is 12.8 Å². The van der Waals surface area contributed by atoms with Crippen LogP contribution < -0.4 is 14.8 Å². The van der Waals surface area contributed by atoms with E-state index in [1.165, 1.54) is 23.6 Å². The Balaban J connectivity index is 1.29. The SMILES string of the molecule is O=C(Nc1ccc(C(=O)N2CCCC(c3ccc4c(c3)OCO4)=N2)cc1)c1ccncn1. The van der Waals surface area contributed by atoms with E-state index < -0.39 is 0 Å². The molecule has 1 N–H and O–H groups in total. The molecular weight excluding hydrogens is 410 g/mol. The van der Waals surface area contributed by atoms with Gasteiger partial charge in [0.2, 0.25) is 6.79 Å². The number of anilines is 1. The van der Waals surface area contributed by atoms with Crippen molar-refractivity contribution in [1.29, 1.82) is 0 Å². The third kappa shape index (κ3) is 4.00. The quantitative estimate of drug-likeness (QED) is 0.683. The maximum absolute atomic E-state index is 13.0. The number of carbonyl (C=O) groups excluding carboxylic acids is 2. The number of carbonyl (C=O) groups is 2. The minimum absolute atomic E-state index is 0.198.